The van der Waals surface area contributed by atoms with E-state index >= 15 is 0 Å². The van der Waals surface area contributed by atoms with E-state index in [1.807, 2.05) is 194 Å². The molecule has 0 saturated heterocycles. The Balaban J connectivity index is 0.000000173. The molecule has 0 N–H and O–H groups in total. The molecular formula is C91H100N6O12S4. The highest BCUT2D eigenvalue weighted by Gasteiger charge is 2.22. The van der Waals surface area contributed by atoms with E-state index in [0.717, 1.165) is 102 Å². The Morgan fingerprint density at radius 2 is 0.522 bits per heavy atom. The summed E-state index contributed by atoms with van der Waals surface area (Å²) in [4.78, 5) is 74.5. The lowest BCUT2D eigenvalue weighted by Gasteiger charge is -2.02. The monoisotopic (exact) mass is 1600 g/mol. The molecule has 0 radical (unpaired) electrons. The molecule has 4 atom stereocenters. The number of hydrogen-bond donors (Lipinski definition) is 0. The summed E-state index contributed by atoms with van der Waals surface area (Å²) in [6.45, 7) is 15.4. The Hall–Kier alpha value is -10.3. The molecule has 0 aliphatic rings. The minimum Gasteiger partial charge on any atom is -0.441 e. The van der Waals surface area contributed by atoms with Crippen LogP contribution in [0, 0.1) is 48.5 Å². The Morgan fingerprint density at radius 3 is 0.761 bits per heavy atom. The molecule has 0 spiro atoms. The molecule has 6 aromatic heterocycles. The van der Waals surface area contributed by atoms with Crippen LogP contribution in [0.5, 0.6) is 0 Å². The van der Waals surface area contributed by atoms with Crippen molar-refractivity contribution in [1.29, 1.82) is 0 Å². The number of pyridine rings is 2. The summed E-state index contributed by atoms with van der Waals surface area (Å²) in [5.41, 5.74) is 15.7. The molecule has 0 bridgehead atoms. The van der Waals surface area contributed by atoms with Gasteiger partial charge < -0.3 is 17.7 Å². The van der Waals surface area contributed by atoms with Gasteiger partial charge in [-0.3, -0.25) is 46.0 Å². The second-order valence-electron chi connectivity index (χ2n) is 27.9. The van der Waals surface area contributed by atoms with Gasteiger partial charge in [0, 0.05) is 116 Å². The lowest BCUT2D eigenvalue weighted by Crippen LogP contribution is -2.12. The van der Waals surface area contributed by atoms with Gasteiger partial charge in [-0.05, 0) is 207 Å². The van der Waals surface area contributed by atoms with E-state index in [-0.39, 0.29) is 69.2 Å². The third kappa shape index (κ3) is 30.0. The van der Waals surface area contributed by atoms with Crippen molar-refractivity contribution >= 4 is 66.3 Å². The van der Waals surface area contributed by atoms with Crippen LogP contribution in [0.4, 0.5) is 0 Å². The summed E-state index contributed by atoms with van der Waals surface area (Å²) in [5.74, 6) is 6.03. The quantitative estimate of drug-likeness (QED) is 0.0350. The highest BCUT2D eigenvalue weighted by Crippen LogP contribution is 2.28. The minimum absolute atomic E-state index is 0.0206. The van der Waals surface area contributed by atoms with Crippen LogP contribution in [0.2, 0.25) is 0 Å². The first-order valence-corrected chi connectivity index (χ1v) is 44.0. The number of rotatable bonds is 37. The van der Waals surface area contributed by atoms with E-state index in [9.17, 15) is 36.0 Å². The van der Waals surface area contributed by atoms with Crippen LogP contribution in [0.3, 0.4) is 0 Å². The van der Waals surface area contributed by atoms with Gasteiger partial charge >= 0.3 is 0 Å². The van der Waals surface area contributed by atoms with Crippen molar-refractivity contribution in [3.63, 3.8) is 0 Å². The summed E-state index contributed by atoms with van der Waals surface area (Å²) < 4.78 is 72.6. The molecule has 0 amide bonds. The van der Waals surface area contributed by atoms with Gasteiger partial charge in [-0.1, -0.05) is 133 Å². The van der Waals surface area contributed by atoms with Crippen molar-refractivity contribution in [3.8, 4) is 45.8 Å². The van der Waals surface area contributed by atoms with Crippen LogP contribution in [-0.4, -0.2) is 92.9 Å². The lowest BCUT2D eigenvalue weighted by molar-refractivity contribution is -0.117. The molecule has 0 aliphatic heterocycles. The summed E-state index contributed by atoms with van der Waals surface area (Å²) in [5, 5.41) is 0. The molecule has 590 valence electrons. The molecule has 113 heavy (non-hydrogen) atoms. The van der Waals surface area contributed by atoms with E-state index in [1.165, 1.54) is 22.3 Å². The van der Waals surface area contributed by atoms with Crippen molar-refractivity contribution < 1.29 is 53.7 Å². The molecule has 12 aromatic rings. The van der Waals surface area contributed by atoms with Crippen molar-refractivity contribution in [2.24, 2.45) is 0 Å². The summed E-state index contributed by atoms with van der Waals surface area (Å²) in [7, 11) is -5.13. The van der Waals surface area contributed by atoms with Gasteiger partial charge in [0.1, 0.15) is 46.2 Å². The molecule has 4 unspecified atom stereocenters. The van der Waals surface area contributed by atoms with Gasteiger partial charge in [0.2, 0.25) is 23.6 Å². The smallest absolute Gasteiger partial charge is 0.226 e. The standard InChI is InChI=1S/C24H27NO3S.C23H25NO3S.2C22H24N2O3S/c1-3-19-12-14-21(15-13-19)24-25-23(18(2)28-24)17-29(27)16-22(26)11-7-10-20-8-5-4-6-9-20;1-17-11-13-20(14-12-17)23-24-22(18(2)27-23)16-28(26)15-21(25)10-6-9-19-7-4-3-5-8-19;2*1-16-6-8-19(9-7-16)22-24-21(17(2)27-22)15-28(26)14-20(25)5-3-4-18-10-12-23-13-11-18/h4-6,8-9,12-15H,3,7,10-11,16-17H2,1-2H3;3-5,7-8,11-14H,6,9-10,15-16H2,1-2H3;2*6-13H,3-5,14-15H2,1-2H3. The van der Waals surface area contributed by atoms with Crippen molar-refractivity contribution in [2.75, 3.05) is 23.0 Å². The van der Waals surface area contributed by atoms with Crippen molar-refractivity contribution in [2.45, 2.75) is 162 Å². The SMILES string of the molecule is CCc1ccc(-c2nc(CS(=O)CC(=O)CCCc3ccccc3)c(C)o2)cc1.Cc1ccc(-c2nc(CS(=O)CC(=O)CCCc3ccccc3)c(C)o2)cc1.Cc1ccc(-c2nc(CS(=O)CC(=O)CCCc3ccncc3)c(C)o2)cc1.Cc1ccc(-c2nc(CS(=O)CC(=O)CCCc3ccncc3)c(C)o2)cc1. The number of carbonyl (C=O) groups excluding carboxylic acids is 4. The predicted molar refractivity (Wildman–Crippen MR) is 450 cm³/mol. The first kappa shape index (κ1) is 86.7. The number of carbonyl (C=O) groups is 4. The third-order valence-electron chi connectivity index (χ3n) is 18.4. The first-order valence-electron chi connectivity index (χ1n) is 38.1. The average molecular weight is 1600 g/mol. The molecule has 22 heteroatoms. The normalized spacial score (nSPS) is 12.1. The zero-order valence-corrected chi connectivity index (χ0v) is 69.0. The lowest BCUT2D eigenvalue weighted by atomic mass is 10.1. The Bertz CT molecular complexity index is 4710. The number of ketones is 4. The molecule has 12 rings (SSSR count). The number of nitrogens with zero attached hydrogens (tertiary/aromatic N) is 6. The van der Waals surface area contributed by atoms with Gasteiger partial charge in [-0.2, -0.15) is 0 Å². The topological polar surface area (TPSA) is 266 Å². The maximum Gasteiger partial charge on any atom is 0.226 e. The zero-order chi connectivity index (χ0) is 80.4. The second kappa shape index (κ2) is 45.4. The van der Waals surface area contributed by atoms with Gasteiger partial charge in [-0.25, -0.2) is 19.9 Å². The van der Waals surface area contributed by atoms with Crippen molar-refractivity contribution in [3.05, 3.63) is 297 Å². The minimum atomic E-state index is -1.29. The fourth-order valence-electron chi connectivity index (χ4n) is 11.9. The maximum atomic E-state index is 12.4. The molecule has 0 fully saturated rings. The zero-order valence-electron chi connectivity index (χ0n) is 65.7. The van der Waals surface area contributed by atoms with Gasteiger partial charge in [-0.15, -0.1) is 0 Å². The largest absolute Gasteiger partial charge is 0.441 e. The molecular weight excluding hydrogens is 1500 g/mol. The number of Topliss-reactive ketones (excluding diaryl/α,β-unsaturated/α-hetero) is 4. The van der Waals surface area contributed by atoms with Crippen LogP contribution >= 0.6 is 0 Å². The molecule has 18 nitrogen and oxygen atoms in total. The van der Waals surface area contributed by atoms with E-state index in [2.05, 4.69) is 73.2 Å². The average Bonchev–Trinajstić information content (AvgIpc) is 1.72. The molecule has 6 aromatic carbocycles. The van der Waals surface area contributed by atoms with Gasteiger partial charge in [0.25, 0.3) is 0 Å². The number of hydrogen-bond acceptors (Lipinski definition) is 18. The van der Waals surface area contributed by atoms with Crippen LogP contribution in [0.1, 0.15) is 149 Å². The van der Waals surface area contributed by atoms with Crippen LogP contribution < -0.4 is 0 Å². The van der Waals surface area contributed by atoms with E-state index in [4.69, 9.17) is 17.7 Å². The van der Waals surface area contributed by atoms with Crippen LogP contribution in [-0.2, 0) is 117 Å². The molecule has 0 saturated carbocycles. The molecule has 0 aliphatic carbocycles. The summed E-state index contributed by atoms with van der Waals surface area (Å²) in [6.07, 6.45) is 16.2. The van der Waals surface area contributed by atoms with Gasteiger partial charge in [0.05, 0.1) is 68.8 Å². The Morgan fingerprint density at radius 1 is 0.292 bits per heavy atom. The van der Waals surface area contributed by atoms with Gasteiger partial charge in [0.15, 0.2) is 0 Å². The van der Waals surface area contributed by atoms with Crippen LogP contribution in [0.15, 0.2) is 224 Å². The Labute approximate surface area is 673 Å². The number of benzene rings is 6. The van der Waals surface area contributed by atoms with E-state index in [1.54, 1.807) is 24.8 Å². The number of aromatic nitrogens is 6. The summed E-state index contributed by atoms with van der Waals surface area (Å²) >= 11 is 0. The Kier molecular flexibility index (Phi) is 34.9. The second-order valence-corrected chi connectivity index (χ2v) is 33.7. The van der Waals surface area contributed by atoms with Crippen molar-refractivity contribution in [1.82, 2.24) is 29.9 Å². The van der Waals surface area contributed by atoms with E-state index < -0.39 is 43.2 Å². The fourth-order valence-corrected chi connectivity index (χ4v) is 16.6. The first-order chi connectivity index (χ1) is 54.6. The van der Waals surface area contributed by atoms with Crippen LogP contribution in [0.25, 0.3) is 45.8 Å². The fraction of sp³-hybridized carbons (Fsp3) is 0.319. The highest BCUT2D eigenvalue weighted by molar-refractivity contribution is 7.85. The number of aryl methyl sites for hydroxylation is 12. The predicted octanol–water partition coefficient (Wildman–Crippen LogP) is 18.2. The number of oxazole rings is 4. The third-order valence-corrected chi connectivity index (χ3v) is 23.4. The summed E-state index contributed by atoms with van der Waals surface area (Å²) in [6, 6.07) is 59.8. The van der Waals surface area contributed by atoms with E-state index in [0.29, 0.717) is 95.1 Å². The maximum absolute atomic E-state index is 12.4. The molecule has 6 heterocycles. The highest BCUT2D eigenvalue weighted by atomic mass is 32.2.